The molecule has 0 saturated carbocycles. The Morgan fingerprint density at radius 1 is 1.09 bits per heavy atom. The van der Waals surface area contributed by atoms with Crippen LogP contribution in [0.25, 0.3) is 16.8 Å². The monoisotopic (exact) mass is 308 g/mol. The van der Waals surface area contributed by atoms with Crippen molar-refractivity contribution in [1.29, 1.82) is 0 Å². The molecule has 2 heterocycles. The van der Waals surface area contributed by atoms with Gasteiger partial charge in [-0.25, -0.2) is 4.99 Å². The Kier molecular flexibility index (Phi) is 3.47. The van der Waals surface area contributed by atoms with Crippen molar-refractivity contribution in [2.45, 2.75) is 12.8 Å². The van der Waals surface area contributed by atoms with Crippen LogP contribution in [0.2, 0.25) is 0 Å². The quantitative estimate of drug-likeness (QED) is 0.748. The molecule has 0 radical (unpaired) electrons. The minimum absolute atomic E-state index is 0.0394. The number of aliphatic imine (C=N–C) groups is 1. The molecule has 110 valence electrons. The Bertz CT molecular complexity index is 810. The van der Waals surface area contributed by atoms with Gasteiger partial charge in [-0.1, -0.05) is 48.2 Å². The number of nitrogens with zero attached hydrogens (tertiary/aromatic N) is 2. The van der Waals surface area contributed by atoms with Gasteiger partial charge in [0.2, 0.25) is 0 Å². The lowest BCUT2D eigenvalue weighted by Gasteiger charge is -2.13. The normalized spacial score (nSPS) is 20.2. The molecule has 0 atom stereocenters. The molecule has 0 aromatic heterocycles. The number of carbonyl (C=O) groups excluding carboxylic acids is 1. The van der Waals surface area contributed by atoms with E-state index >= 15 is 0 Å². The van der Waals surface area contributed by atoms with Crippen molar-refractivity contribution in [2.24, 2.45) is 4.99 Å². The van der Waals surface area contributed by atoms with E-state index in [1.54, 1.807) is 11.8 Å². The summed E-state index contributed by atoms with van der Waals surface area (Å²) >= 11 is 1.69. The van der Waals surface area contributed by atoms with Gasteiger partial charge in [0.1, 0.15) is 5.70 Å². The highest BCUT2D eigenvalue weighted by Crippen LogP contribution is 2.27. The van der Waals surface area contributed by atoms with Crippen LogP contribution in [0.3, 0.4) is 0 Å². The summed E-state index contributed by atoms with van der Waals surface area (Å²) in [6.45, 7) is 0.791. The fraction of sp³-hybridized carbons (Fsp3) is 0.222. The standard InChI is InChI=1S/C18H16N2OS/c21-17-16(19-18-20(17)9-3-4-10-22-18)12-13-7-8-14-5-1-2-6-15(14)11-13/h1-2,5-8,11-12H,3-4,9-10H2/b16-12-. The van der Waals surface area contributed by atoms with Gasteiger partial charge in [0.05, 0.1) is 0 Å². The van der Waals surface area contributed by atoms with Crippen molar-refractivity contribution < 1.29 is 4.79 Å². The van der Waals surface area contributed by atoms with Crippen LogP contribution in [0.1, 0.15) is 18.4 Å². The third kappa shape index (κ3) is 2.44. The van der Waals surface area contributed by atoms with Crippen LogP contribution in [0.15, 0.2) is 53.2 Å². The molecule has 0 bridgehead atoms. The second-order valence-electron chi connectivity index (χ2n) is 5.54. The number of fused-ring (bicyclic) bond motifs is 2. The predicted octanol–water partition coefficient (Wildman–Crippen LogP) is 3.91. The van der Waals surface area contributed by atoms with Crippen LogP contribution in [-0.2, 0) is 4.79 Å². The van der Waals surface area contributed by atoms with E-state index in [0.717, 1.165) is 35.9 Å². The van der Waals surface area contributed by atoms with Gasteiger partial charge in [-0.2, -0.15) is 0 Å². The van der Waals surface area contributed by atoms with Gasteiger partial charge in [-0.3, -0.25) is 9.69 Å². The summed E-state index contributed by atoms with van der Waals surface area (Å²) in [5.74, 6) is 1.09. The molecule has 2 aliphatic rings. The maximum absolute atomic E-state index is 12.5. The van der Waals surface area contributed by atoms with E-state index in [1.165, 1.54) is 10.8 Å². The van der Waals surface area contributed by atoms with Crippen LogP contribution < -0.4 is 0 Å². The summed E-state index contributed by atoms with van der Waals surface area (Å²) in [7, 11) is 0. The fourth-order valence-electron chi connectivity index (χ4n) is 2.83. The van der Waals surface area contributed by atoms with Crippen molar-refractivity contribution in [3.05, 3.63) is 53.7 Å². The maximum Gasteiger partial charge on any atom is 0.278 e. The molecule has 0 spiro atoms. The van der Waals surface area contributed by atoms with E-state index in [9.17, 15) is 4.79 Å². The highest BCUT2D eigenvalue weighted by Gasteiger charge is 2.31. The summed E-state index contributed by atoms with van der Waals surface area (Å²) in [4.78, 5) is 18.9. The average Bonchev–Trinajstić information content (AvgIpc) is 2.72. The molecule has 2 aromatic rings. The van der Waals surface area contributed by atoms with Gasteiger partial charge in [0.15, 0.2) is 5.17 Å². The molecule has 22 heavy (non-hydrogen) atoms. The van der Waals surface area contributed by atoms with E-state index in [-0.39, 0.29) is 5.91 Å². The molecule has 1 saturated heterocycles. The number of benzene rings is 2. The van der Waals surface area contributed by atoms with E-state index in [2.05, 4.69) is 29.3 Å². The average molecular weight is 308 g/mol. The van der Waals surface area contributed by atoms with E-state index in [1.807, 2.05) is 29.2 Å². The second kappa shape index (κ2) is 5.61. The van der Waals surface area contributed by atoms with Crippen molar-refractivity contribution in [2.75, 3.05) is 12.3 Å². The first kappa shape index (κ1) is 13.6. The molecule has 0 aliphatic carbocycles. The summed E-state index contributed by atoms with van der Waals surface area (Å²) < 4.78 is 0. The van der Waals surface area contributed by atoms with Crippen LogP contribution in [0.5, 0.6) is 0 Å². The molecule has 0 unspecified atom stereocenters. The number of carbonyl (C=O) groups is 1. The molecule has 4 heteroatoms. The largest absolute Gasteiger partial charge is 0.286 e. The lowest BCUT2D eigenvalue weighted by Crippen LogP contribution is -2.30. The molecular weight excluding hydrogens is 292 g/mol. The third-order valence-corrected chi connectivity index (χ3v) is 5.06. The Morgan fingerprint density at radius 3 is 2.86 bits per heavy atom. The van der Waals surface area contributed by atoms with Gasteiger partial charge in [0, 0.05) is 12.3 Å². The SMILES string of the molecule is O=C1/C(=C/c2ccc3ccccc3c2)N=C2SCCCCN12. The van der Waals surface area contributed by atoms with Crippen molar-refractivity contribution in [3.63, 3.8) is 0 Å². The topological polar surface area (TPSA) is 32.7 Å². The van der Waals surface area contributed by atoms with Crippen LogP contribution in [-0.4, -0.2) is 28.3 Å². The number of amidine groups is 1. The van der Waals surface area contributed by atoms with Gasteiger partial charge in [-0.05, 0) is 41.3 Å². The Hall–Kier alpha value is -2.07. The van der Waals surface area contributed by atoms with Gasteiger partial charge >= 0.3 is 0 Å². The number of hydrogen-bond acceptors (Lipinski definition) is 3. The van der Waals surface area contributed by atoms with E-state index in [4.69, 9.17) is 0 Å². The first-order valence-corrected chi connectivity index (χ1v) is 8.54. The first-order valence-electron chi connectivity index (χ1n) is 7.55. The number of rotatable bonds is 1. The van der Waals surface area contributed by atoms with E-state index in [0.29, 0.717) is 5.70 Å². The summed E-state index contributed by atoms with van der Waals surface area (Å²) in [6.07, 6.45) is 4.11. The zero-order chi connectivity index (χ0) is 14.9. The summed E-state index contributed by atoms with van der Waals surface area (Å²) in [5.41, 5.74) is 1.58. The van der Waals surface area contributed by atoms with Gasteiger partial charge < -0.3 is 0 Å². The van der Waals surface area contributed by atoms with Crippen molar-refractivity contribution in [3.8, 4) is 0 Å². The maximum atomic E-state index is 12.5. The Balaban J connectivity index is 1.70. The van der Waals surface area contributed by atoms with Crippen molar-refractivity contribution in [1.82, 2.24) is 4.90 Å². The highest BCUT2D eigenvalue weighted by atomic mass is 32.2. The zero-order valence-corrected chi connectivity index (χ0v) is 13.0. The molecule has 2 aromatic carbocycles. The highest BCUT2D eigenvalue weighted by molar-refractivity contribution is 8.13. The lowest BCUT2D eigenvalue weighted by atomic mass is 10.1. The molecule has 3 nitrogen and oxygen atoms in total. The third-order valence-electron chi connectivity index (χ3n) is 4.00. The Morgan fingerprint density at radius 2 is 1.95 bits per heavy atom. The fourth-order valence-corrected chi connectivity index (χ4v) is 3.85. The molecular formula is C18H16N2OS. The molecule has 1 amide bonds. The second-order valence-corrected chi connectivity index (χ2v) is 6.60. The lowest BCUT2D eigenvalue weighted by molar-refractivity contribution is -0.122. The zero-order valence-electron chi connectivity index (χ0n) is 12.2. The smallest absolute Gasteiger partial charge is 0.278 e. The van der Waals surface area contributed by atoms with E-state index < -0.39 is 0 Å². The number of thioether (sulfide) groups is 1. The van der Waals surface area contributed by atoms with Crippen molar-refractivity contribution >= 4 is 39.7 Å². The van der Waals surface area contributed by atoms with Gasteiger partial charge in [0.25, 0.3) is 5.91 Å². The van der Waals surface area contributed by atoms with Crippen LogP contribution in [0, 0.1) is 0 Å². The molecule has 4 rings (SSSR count). The van der Waals surface area contributed by atoms with Crippen LogP contribution >= 0.6 is 11.8 Å². The molecule has 0 N–H and O–H groups in total. The minimum atomic E-state index is 0.0394. The molecule has 1 fully saturated rings. The number of amides is 1. The predicted molar refractivity (Wildman–Crippen MR) is 92.8 cm³/mol. The first-order chi connectivity index (χ1) is 10.8. The van der Waals surface area contributed by atoms with Crippen LogP contribution in [0.4, 0.5) is 0 Å². The number of hydrogen-bond donors (Lipinski definition) is 0. The van der Waals surface area contributed by atoms with Gasteiger partial charge in [-0.15, -0.1) is 0 Å². The molecule has 2 aliphatic heterocycles. The summed E-state index contributed by atoms with van der Waals surface area (Å²) in [6, 6.07) is 14.5. The Labute approximate surface area is 133 Å². The minimum Gasteiger partial charge on any atom is -0.286 e. The summed E-state index contributed by atoms with van der Waals surface area (Å²) in [5, 5.41) is 3.26.